The number of ether oxygens (including phenoxy) is 1. The molecule has 0 spiro atoms. The average Bonchev–Trinajstić information content (AvgIpc) is 2.64. The smallest absolute Gasteiger partial charge is 0.128 e. The lowest BCUT2D eigenvalue weighted by Gasteiger charge is -2.33. The van der Waals surface area contributed by atoms with Gasteiger partial charge in [0, 0.05) is 30.3 Å². The largest absolute Gasteiger partial charge is 0.385 e. The molecule has 2 rings (SSSR count). The molecule has 0 saturated carbocycles. The van der Waals surface area contributed by atoms with E-state index in [1.54, 1.807) is 7.11 Å². The monoisotopic (exact) mass is 331 g/mol. The predicted molar refractivity (Wildman–Crippen MR) is 76.7 cm³/mol. The Bertz CT molecular complexity index is 476. The minimum atomic E-state index is -1.06. The van der Waals surface area contributed by atoms with Crippen molar-refractivity contribution in [3.05, 3.63) is 28.2 Å². The van der Waals surface area contributed by atoms with Crippen molar-refractivity contribution in [1.82, 2.24) is 4.31 Å². The summed E-state index contributed by atoms with van der Waals surface area (Å²) in [5, 5.41) is 0. The Balaban J connectivity index is 2.23. The number of methoxy groups -OCH3 is 1. The van der Waals surface area contributed by atoms with Crippen molar-refractivity contribution in [2.24, 2.45) is 0 Å². The fourth-order valence-corrected chi connectivity index (χ4v) is 4.06. The zero-order valence-corrected chi connectivity index (χ0v) is 13.3. The SMILES string of the molecule is COCCC(C)(C)N1Cc2cc(Br)ccc2S1=O. The van der Waals surface area contributed by atoms with Crippen LogP contribution in [0.4, 0.5) is 0 Å². The van der Waals surface area contributed by atoms with Crippen molar-refractivity contribution < 1.29 is 8.95 Å². The summed E-state index contributed by atoms with van der Waals surface area (Å²) in [4.78, 5) is 0.934. The molecule has 1 aromatic carbocycles. The molecule has 0 saturated heterocycles. The van der Waals surface area contributed by atoms with E-state index in [-0.39, 0.29) is 5.54 Å². The van der Waals surface area contributed by atoms with Gasteiger partial charge in [0.15, 0.2) is 0 Å². The topological polar surface area (TPSA) is 29.5 Å². The predicted octanol–water partition coefficient (Wildman–Crippen LogP) is 3.10. The number of nitrogens with zero attached hydrogens (tertiary/aromatic N) is 1. The van der Waals surface area contributed by atoms with Crippen LogP contribution < -0.4 is 0 Å². The maximum absolute atomic E-state index is 12.5. The van der Waals surface area contributed by atoms with E-state index in [1.165, 1.54) is 0 Å². The van der Waals surface area contributed by atoms with Crippen LogP contribution in [0.1, 0.15) is 25.8 Å². The summed E-state index contributed by atoms with van der Waals surface area (Å²) in [5.41, 5.74) is 1.01. The van der Waals surface area contributed by atoms with Crippen molar-refractivity contribution in [2.75, 3.05) is 13.7 Å². The maximum Gasteiger partial charge on any atom is 0.128 e. The zero-order chi connectivity index (χ0) is 13.3. The van der Waals surface area contributed by atoms with Gasteiger partial charge in [0.2, 0.25) is 0 Å². The Labute approximate surface area is 119 Å². The number of fused-ring (bicyclic) bond motifs is 1. The van der Waals surface area contributed by atoms with E-state index in [1.807, 2.05) is 16.4 Å². The molecule has 18 heavy (non-hydrogen) atoms. The van der Waals surface area contributed by atoms with E-state index in [0.29, 0.717) is 6.61 Å². The van der Waals surface area contributed by atoms with Crippen molar-refractivity contribution in [2.45, 2.75) is 37.2 Å². The van der Waals surface area contributed by atoms with Crippen LogP contribution in [0.2, 0.25) is 0 Å². The van der Waals surface area contributed by atoms with Gasteiger partial charge in [0.05, 0.1) is 4.90 Å². The molecule has 0 bridgehead atoms. The lowest BCUT2D eigenvalue weighted by atomic mass is 10.0. The van der Waals surface area contributed by atoms with Crippen LogP contribution in [0.5, 0.6) is 0 Å². The Morgan fingerprint density at radius 2 is 2.22 bits per heavy atom. The first-order valence-electron chi connectivity index (χ1n) is 5.92. The van der Waals surface area contributed by atoms with Crippen LogP contribution in [0.25, 0.3) is 0 Å². The normalized spacial score (nSPS) is 20.1. The fourth-order valence-electron chi connectivity index (χ4n) is 2.09. The molecule has 3 nitrogen and oxygen atoms in total. The summed E-state index contributed by atoms with van der Waals surface area (Å²) in [6, 6.07) is 5.95. The molecule has 1 aliphatic heterocycles. The standard InChI is InChI=1S/C13H18BrNO2S/c1-13(2,6-7-17-3)15-9-10-8-11(14)4-5-12(10)18(15)16/h4-5,8H,6-7,9H2,1-3H3. The zero-order valence-electron chi connectivity index (χ0n) is 10.9. The summed E-state index contributed by atoms with van der Waals surface area (Å²) in [6.07, 6.45) is 0.865. The highest BCUT2D eigenvalue weighted by Crippen LogP contribution is 2.35. The highest BCUT2D eigenvalue weighted by atomic mass is 79.9. The van der Waals surface area contributed by atoms with Crippen LogP contribution in [0.3, 0.4) is 0 Å². The highest BCUT2D eigenvalue weighted by molar-refractivity contribution is 9.10. The third kappa shape index (κ3) is 2.69. The fraction of sp³-hybridized carbons (Fsp3) is 0.538. The molecule has 1 aromatic rings. The Kier molecular flexibility index (Phi) is 4.26. The van der Waals surface area contributed by atoms with Gasteiger partial charge in [-0.25, -0.2) is 8.51 Å². The minimum absolute atomic E-state index is 0.133. The van der Waals surface area contributed by atoms with Crippen molar-refractivity contribution in [3.8, 4) is 0 Å². The van der Waals surface area contributed by atoms with Gasteiger partial charge in [0.1, 0.15) is 11.0 Å². The second-order valence-electron chi connectivity index (χ2n) is 5.09. The Hall–Kier alpha value is -0.230. The maximum atomic E-state index is 12.5. The number of rotatable bonds is 4. The summed E-state index contributed by atoms with van der Waals surface area (Å²) in [6.45, 7) is 5.65. The third-order valence-corrected chi connectivity index (χ3v) is 5.61. The summed E-state index contributed by atoms with van der Waals surface area (Å²) in [5.74, 6) is 0. The summed E-state index contributed by atoms with van der Waals surface area (Å²) < 4.78 is 20.7. The molecular weight excluding hydrogens is 314 g/mol. The lowest BCUT2D eigenvalue weighted by Crippen LogP contribution is -2.42. The van der Waals surface area contributed by atoms with Crippen LogP contribution >= 0.6 is 15.9 Å². The van der Waals surface area contributed by atoms with E-state index < -0.39 is 11.0 Å². The van der Waals surface area contributed by atoms with Crippen LogP contribution in [0, 0.1) is 0 Å². The molecule has 1 atom stereocenters. The molecule has 1 unspecified atom stereocenters. The van der Waals surface area contributed by atoms with Gasteiger partial charge in [-0.3, -0.25) is 0 Å². The molecule has 0 aliphatic carbocycles. The van der Waals surface area contributed by atoms with Gasteiger partial charge < -0.3 is 4.74 Å². The van der Waals surface area contributed by atoms with Gasteiger partial charge in [-0.1, -0.05) is 15.9 Å². The van der Waals surface area contributed by atoms with Crippen molar-refractivity contribution in [3.63, 3.8) is 0 Å². The quantitative estimate of drug-likeness (QED) is 0.848. The van der Waals surface area contributed by atoms with Gasteiger partial charge in [-0.05, 0) is 44.0 Å². The molecule has 0 radical (unpaired) electrons. The number of hydrogen-bond acceptors (Lipinski definition) is 2. The number of benzene rings is 1. The Morgan fingerprint density at radius 1 is 1.50 bits per heavy atom. The van der Waals surface area contributed by atoms with E-state index in [4.69, 9.17) is 4.74 Å². The third-order valence-electron chi connectivity index (χ3n) is 3.32. The van der Waals surface area contributed by atoms with Crippen molar-refractivity contribution >= 4 is 26.9 Å². The second-order valence-corrected chi connectivity index (χ2v) is 7.39. The minimum Gasteiger partial charge on any atom is -0.385 e. The molecule has 0 N–H and O–H groups in total. The highest BCUT2D eigenvalue weighted by Gasteiger charge is 2.37. The number of halogens is 1. The summed E-state index contributed by atoms with van der Waals surface area (Å²) >= 11 is 3.46. The van der Waals surface area contributed by atoms with Gasteiger partial charge in [-0.2, -0.15) is 0 Å². The van der Waals surface area contributed by atoms with Crippen LogP contribution in [-0.2, 0) is 22.3 Å². The van der Waals surface area contributed by atoms with Gasteiger partial charge >= 0.3 is 0 Å². The molecular formula is C13H18BrNO2S. The molecule has 0 aromatic heterocycles. The average molecular weight is 332 g/mol. The summed E-state index contributed by atoms with van der Waals surface area (Å²) in [7, 11) is 0.638. The van der Waals surface area contributed by atoms with E-state index >= 15 is 0 Å². The first-order chi connectivity index (χ1) is 8.45. The van der Waals surface area contributed by atoms with Crippen LogP contribution in [-0.4, -0.2) is 27.8 Å². The first-order valence-corrected chi connectivity index (χ1v) is 7.82. The van der Waals surface area contributed by atoms with Gasteiger partial charge in [-0.15, -0.1) is 0 Å². The molecule has 5 heteroatoms. The number of hydrogen-bond donors (Lipinski definition) is 0. The second kappa shape index (κ2) is 5.41. The molecule has 1 heterocycles. The van der Waals surface area contributed by atoms with Crippen LogP contribution in [0.15, 0.2) is 27.6 Å². The molecule has 0 fully saturated rings. The Morgan fingerprint density at radius 3 is 2.89 bits per heavy atom. The van der Waals surface area contributed by atoms with Gasteiger partial charge in [0.25, 0.3) is 0 Å². The molecule has 100 valence electrons. The van der Waals surface area contributed by atoms with E-state index in [2.05, 4.69) is 35.8 Å². The lowest BCUT2D eigenvalue weighted by molar-refractivity contribution is 0.132. The van der Waals surface area contributed by atoms with Crippen molar-refractivity contribution in [1.29, 1.82) is 0 Å². The molecule has 1 aliphatic rings. The van der Waals surface area contributed by atoms with E-state index in [9.17, 15) is 4.21 Å². The van der Waals surface area contributed by atoms with E-state index in [0.717, 1.165) is 27.9 Å². The first kappa shape index (κ1) is 14.2. The molecule has 0 amide bonds.